The van der Waals surface area contributed by atoms with Crippen LogP contribution in [0.25, 0.3) is 0 Å². The zero-order valence-corrected chi connectivity index (χ0v) is 19.9. The highest BCUT2D eigenvalue weighted by atomic mass is 32.1. The van der Waals surface area contributed by atoms with Gasteiger partial charge in [-0.3, -0.25) is 0 Å². The van der Waals surface area contributed by atoms with Crippen molar-refractivity contribution in [2.24, 2.45) is 0 Å². The predicted octanol–water partition coefficient (Wildman–Crippen LogP) is 3.68. The topological polar surface area (TPSA) is 132 Å². The van der Waals surface area contributed by atoms with E-state index in [1.807, 2.05) is 30.3 Å². The van der Waals surface area contributed by atoms with Crippen LogP contribution in [0.5, 0.6) is 0 Å². The first-order valence-electron chi connectivity index (χ1n) is 10.9. The smallest absolute Gasteiger partial charge is 0.358 e. The second kappa shape index (κ2) is 10.9. The minimum absolute atomic E-state index is 0.0945. The van der Waals surface area contributed by atoms with E-state index in [9.17, 15) is 14.4 Å². The Morgan fingerprint density at radius 1 is 1.14 bits per heavy atom. The standard InChI is InChI=1S/C24H24N4O6S/c1-3-32-22(30)19-16(26-23(31)28-20(19)18-10-9-14(2)34-18)12-33-21(29)17-13-35-24(27-17)25-11-15-7-5-4-6-8-15/h4-10,13,20H,3,11-12H2,1-2H3,(H,25,27)(H2,26,28,31)/t20-/m0/s1. The minimum Gasteiger partial charge on any atom is -0.464 e. The molecule has 1 aromatic carbocycles. The first-order valence-corrected chi connectivity index (χ1v) is 11.8. The summed E-state index contributed by atoms with van der Waals surface area (Å²) in [6.45, 7) is 3.75. The summed E-state index contributed by atoms with van der Waals surface area (Å²) in [6.07, 6.45) is 0. The number of carbonyl (C=O) groups is 3. The van der Waals surface area contributed by atoms with Crippen molar-refractivity contribution < 1.29 is 28.3 Å². The number of carbonyl (C=O) groups excluding carboxylic acids is 3. The zero-order valence-electron chi connectivity index (χ0n) is 19.1. The molecule has 0 aliphatic carbocycles. The highest BCUT2D eigenvalue weighted by Crippen LogP contribution is 2.29. The summed E-state index contributed by atoms with van der Waals surface area (Å²) < 4.78 is 16.2. The molecular formula is C24H24N4O6S. The Kier molecular flexibility index (Phi) is 7.46. The van der Waals surface area contributed by atoms with E-state index in [4.69, 9.17) is 13.9 Å². The molecule has 2 aromatic heterocycles. The Bertz CT molecular complexity index is 1250. The van der Waals surface area contributed by atoms with Crippen molar-refractivity contribution in [2.45, 2.75) is 26.4 Å². The van der Waals surface area contributed by atoms with Crippen molar-refractivity contribution in [2.75, 3.05) is 18.5 Å². The summed E-state index contributed by atoms with van der Waals surface area (Å²) in [4.78, 5) is 41.9. The van der Waals surface area contributed by atoms with Crippen molar-refractivity contribution in [1.29, 1.82) is 0 Å². The zero-order chi connectivity index (χ0) is 24.8. The largest absolute Gasteiger partial charge is 0.464 e. The quantitative estimate of drug-likeness (QED) is 0.382. The van der Waals surface area contributed by atoms with Crippen LogP contribution >= 0.6 is 11.3 Å². The number of aromatic nitrogens is 1. The summed E-state index contributed by atoms with van der Waals surface area (Å²) in [6, 6.07) is 11.7. The molecule has 3 aromatic rings. The molecule has 3 N–H and O–H groups in total. The lowest BCUT2D eigenvalue weighted by molar-refractivity contribution is -0.139. The first-order chi connectivity index (χ1) is 16.9. The number of rotatable bonds is 9. The summed E-state index contributed by atoms with van der Waals surface area (Å²) in [5.41, 5.74) is 1.39. The third-order valence-electron chi connectivity index (χ3n) is 5.04. The highest BCUT2D eigenvalue weighted by molar-refractivity contribution is 7.13. The molecule has 0 unspecified atom stereocenters. The van der Waals surface area contributed by atoms with Crippen LogP contribution in [0, 0.1) is 6.92 Å². The Morgan fingerprint density at radius 2 is 1.94 bits per heavy atom. The third kappa shape index (κ3) is 5.87. The molecule has 2 amide bonds. The van der Waals surface area contributed by atoms with Gasteiger partial charge in [-0.15, -0.1) is 11.3 Å². The molecule has 4 rings (SSSR count). The molecule has 1 aliphatic heterocycles. The van der Waals surface area contributed by atoms with Gasteiger partial charge >= 0.3 is 18.0 Å². The maximum Gasteiger partial charge on any atom is 0.358 e. The average molecular weight is 497 g/mol. The fraction of sp³-hybridized carbons (Fsp3) is 0.250. The molecule has 0 fully saturated rings. The molecule has 10 nitrogen and oxygen atoms in total. The van der Waals surface area contributed by atoms with Crippen LogP contribution in [0.2, 0.25) is 0 Å². The Hall–Kier alpha value is -4.12. The molecule has 0 spiro atoms. The molecule has 0 saturated carbocycles. The van der Waals surface area contributed by atoms with E-state index in [1.54, 1.807) is 31.4 Å². The van der Waals surface area contributed by atoms with Crippen LogP contribution in [0.15, 0.2) is 63.5 Å². The minimum atomic E-state index is -0.890. The number of esters is 2. The fourth-order valence-corrected chi connectivity index (χ4v) is 4.12. The van der Waals surface area contributed by atoms with E-state index in [0.29, 0.717) is 23.2 Å². The molecule has 11 heteroatoms. The molecule has 0 saturated heterocycles. The second-order valence-corrected chi connectivity index (χ2v) is 8.40. The van der Waals surface area contributed by atoms with Gasteiger partial charge in [0.05, 0.1) is 17.9 Å². The number of nitrogens with zero attached hydrogens (tertiary/aromatic N) is 1. The number of nitrogens with one attached hydrogen (secondary N) is 3. The van der Waals surface area contributed by atoms with Crippen LogP contribution < -0.4 is 16.0 Å². The van der Waals surface area contributed by atoms with Gasteiger partial charge in [-0.1, -0.05) is 30.3 Å². The van der Waals surface area contributed by atoms with Crippen molar-refractivity contribution in [3.63, 3.8) is 0 Å². The molecule has 0 bridgehead atoms. The van der Waals surface area contributed by atoms with E-state index < -0.39 is 24.0 Å². The lowest BCUT2D eigenvalue weighted by Crippen LogP contribution is -2.47. The second-order valence-electron chi connectivity index (χ2n) is 7.55. The van der Waals surface area contributed by atoms with Crippen LogP contribution in [-0.2, 0) is 20.8 Å². The number of anilines is 1. The summed E-state index contributed by atoms with van der Waals surface area (Å²) in [5.74, 6) is -0.379. The van der Waals surface area contributed by atoms with E-state index in [-0.39, 0.29) is 30.2 Å². The van der Waals surface area contributed by atoms with Crippen molar-refractivity contribution >= 4 is 34.4 Å². The van der Waals surface area contributed by atoms with Crippen LogP contribution in [0.1, 0.15) is 40.5 Å². The van der Waals surface area contributed by atoms with Gasteiger partial charge in [-0.25, -0.2) is 19.4 Å². The number of benzene rings is 1. The van der Waals surface area contributed by atoms with Crippen LogP contribution in [-0.4, -0.2) is 36.2 Å². The molecule has 3 heterocycles. The maximum absolute atomic E-state index is 12.7. The molecule has 0 radical (unpaired) electrons. The van der Waals surface area contributed by atoms with Gasteiger partial charge in [0.15, 0.2) is 10.8 Å². The Labute approximate surface area is 205 Å². The van der Waals surface area contributed by atoms with Gasteiger partial charge in [0.25, 0.3) is 0 Å². The monoisotopic (exact) mass is 496 g/mol. The van der Waals surface area contributed by atoms with Gasteiger partial charge < -0.3 is 29.8 Å². The van der Waals surface area contributed by atoms with Crippen molar-refractivity contribution in [3.8, 4) is 0 Å². The number of hydrogen-bond donors (Lipinski definition) is 3. The van der Waals surface area contributed by atoms with Crippen molar-refractivity contribution in [3.05, 3.63) is 81.9 Å². The van der Waals surface area contributed by atoms with Gasteiger partial charge in [0.2, 0.25) is 0 Å². The maximum atomic E-state index is 12.7. The Morgan fingerprint density at radius 3 is 2.66 bits per heavy atom. The van der Waals surface area contributed by atoms with Crippen molar-refractivity contribution in [1.82, 2.24) is 15.6 Å². The number of urea groups is 1. The normalized spacial score (nSPS) is 15.3. The molecule has 35 heavy (non-hydrogen) atoms. The predicted molar refractivity (Wildman–Crippen MR) is 128 cm³/mol. The number of hydrogen-bond acceptors (Lipinski definition) is 9. The third-order valence-corrected chi connectivity index (χ3v) is 5.84. The van der Waals surface area contributed by atoms with E-state index in [0.717, 1.165) is 5.56 Å². The number of furan rings is 1. The van der Waals surface area contributed by atoms with E-state index in [2.05, 4.69) is 20.9 Å². The van der Waals surface area contributed by atoms with Gasteiger partial charge in [0, 0.05) is 11.9 Å². The van der Waals surface area contributed by atoms with Gasteiger partial charge in [-0.05, 0) is 31.5 Å². The number of thiazole rings is 1. The lowest BCUT2D eigenvalue weighted by atomic mass is 10.0. The number of amides is 2. The highest BCUT2D eigenvalue weighted by Gasteiger charge is 2.36. The van der Waals surface area contributed by atoms with Gasteiger partial charge in [-0.2, -0.15) is 0 Å². The average Bonchev–Trinajstić information content (AvgIpc) is 3.51. The summed E-state index contributed by atoms with van der Waals surface area (Å²) in [7, 11) is 0. The first kappa shape index (κ1) is 24.0. The van der Waals surface area contributed by atoms with E-state index in [1.165, 1.54) is 11.3 Å². The fourth-order valence-electron chi connectivity index (χ4n) is 3.44. The molecule has 1 aliphatic rings. The summed E-state index contributed by atoms with van der Waals surface area (Å²) >= 11 is 1.27. The van der Waals surface area contributed by atoms with Crippen LogP contribution in [0.4, 0.5) is 9.93 Å². The molecule has 1 atom stereocenters. The van der Waals surface area contributed by atoms with Crippen LogP contribution in [0.3, 0.4) is 0 Å². The summed E-state index contributed by atoms with van der Waals surface area (Å²) in [5, 5.41) is 10.5. The SMILES string of the molecule is CCOC(=O)C1=C(COC(=O)c2csc(NCc3ccccc3)n2)NC(=O)N[C@H]1c1ccc(C)o1. The Balaban J connectivity index is 1.48. The lowest BCUT2D eigenvalue weighted by Gasteiger charge is -2.27. The van der Waals surface area contributed by atoms with E-state index >= 15 is 0 Å². The molecular weight excluding hydrogens is 472 g/mol. The molecule has 182 valence electrons. The van der Waals surface area contributed by atoms with Gasteiger partial charge in [0.1, 0.15) is 24.2 Å². The number of aryl methyl sites for hydroxylation is 1. The number of ether oxygens (including phenoxy) is 2.